The summed E-state index contributed by atoms with van der Waals surface area (Å²) in [6.45, 7) is 0. The second-order valence-electron chi connectivity index (χ2n) is 8.54. The molecule has 6 nitrogen and oxygen atoms in total. The van der Waals surface area contributed by atoms with Gasteiger partial charge >= 0.3 is 0 Å². The fourth-order valence-electron chi connectivity index (χ4n) is 5.60. The number of fused-ring (bicyclic) bond motifs is 2. The highest BCUT2D eigenvalue weighted by atomic mass is 16.2. The smallest absolute Gasteiger partial charge is 0.237 e. The first-order valence-electron chi connectivity index (χ1n) is 10.4. The van der Waals surface area contributed by atoms with Crippen molar-refractivity contribution in [2.75, 3.05) is 9.80 Å². The van der Waals surface area contributed by atoms with E-state index in [9.17, 15) is 19.2 Å². The van der Waals surface area contributed by atoms with Gasteiger partial charge in [0.05, 0.1) is 35.0 Å². The van der Waals surface area contributed by atoms with Gasteiger partial charge in [-0.05, 0) is 43.9 Å². The summed E-state index contributed by atoms with van der Waals surface area (Å²) in [6, 6.07) is 6.80. The van der Waals surface area contributed by atoms with E-state index in [-0.39, 0.29) is 47.3 Å². The second-order valence-corrected chi connectivity index (χ2v) is 8.54. The van der Waals surface area contributed by atoms with Crippen LogP contribution in [0.2, 0.25) is 0 Å². The van der Waals surface area contributed by atoms with Crippen molar-refractivity contribution in [3.05, 3.63) is 24.3 Å². The van der Waals surface area contributed by atoms with Crippen LogP contribution in [0.5, 0.6) is 0 Å². The van der Waals surface area contributed by atoms with Crippen molar-refractivity contribution in [1.29, 1.82) is 0 Å². The van der Waals surface area contributed by atoms with Crippen LogP contribution in [0.25, 0.3) is 0 Å². The summed E-state index contributed by atoms with van der Waals surface area (Å²) in [7, 11) is 0. The van der Waals surface area contributed by atoms with E-state index in [0.717, 1.165) is 51.4 Å². The molecule has 0 aromatic heterocycles. The van der Waals surface area contributed by atoms with Crippen molar-refractivity contribution >= 4 is 35.0 Å². The van der Waals surface area contributed by atoms with Crippen LogP contribution < -0.4 is 9.80 Å². The van der Waals surface area contributed by atoms with Gasteiger partial charge in [-0.25, -0.2) is 9.80 Å². The molecule has 2 heterocycles. The minimum Gasteiger partial charge on any atom is -0.274 e. The largest absolute Gasteiger partial charge is 0.274 e. The number of carbonyl (C=O) groups is 4. The molecule has 0 radical (unpaired) electrons. The third-order valence-corrected chi connectivity index (χ3v) is 7.03. The Morgan fingerprint density at radius 1 is 0.571 bits per heavy atom. The third kappa shape index (κ3) is 2.46. The first kappa shape index (κ1) is 17.6. The van der Waals surface area contributed by atoms with E-state index in [2.05, 4.69) is 0 Å². The molecule has 1 aromatic rings. The number of imide groups is 2. The summed E-state index contributed by atoms with van der Waals surface area (Å²) in [4.78, 5) is 54.1. The maximum absolute atomic E-state index is 12.9. The number of nitrogens with zero attached hydrogens (tertiary/aromatic N) is 2. The summed E-state index contributed by atoms with van der Waals surface area (Å²) in [5, 5.41) is 0. The molecule has 2 saturated carbocycles. The average molecular weight is 380 g/mol. The Hall–Kier alpha value is -2.50. The molecule has 2 saturated heterocycles. The molecule has 0 spiro atoms. The average Bonchev–Trinajstić information content (AvgIpc) is 3.13. The van der Waals surface area contributed by atoms with Crippen molar-refractivity contribution in [2.24, 2.45) is 23.7 Å². The van der Waals surface area contributed by atoms with Crippen molar-refractivity contribution in [2.45, 2.75) is 51.4 Å². The predicted molar refractivity (Wildman–Crippen MR) is 102 cm³/mol. The van der Waals surface area contributed by atoms with E-state index in [4.69, 9.17) is 0 Å². The van der Waals surface area contributed by atoms with Crippen molar-refractivity contribution in [3.63, 3.8) is 0 Å². The molecule has 6 heteroatoms. The van der Waals surface area contributed by atoms with Gasteiger partial charge in [-0.15, -0.1) is 0 Å². The molecule has 146 valence electrons. The molecule has 4 fully saturated rings. The first-order valence-corrected chi connectivity index (χ1v) is 10.4. The quantitative estimate of drug-likeness (QED) is 0.739. The molecular formula is C22H24N2O4. The number of rotatable bonds is 2. The van der Waals surface area contributed by atoms with Gasteiger partial charge in [-0.3, -0.25) is 19.2 Å². The zero-order valence-electron chi connectivity index (χ0n) is 15.8. The van der Waals surface area contributed by atoms with E-state index in [1.807, 2.05) is 0 Å². The van der Waals surface area contributed by atoms with Gasteiger partial charge in [0.25, 0.3) is 0 Å². The van der Waals surface area contributed by atoms with E-state index in [1.54, 1.807) is 24.3 Å². The highest BCUT2D eigenvalue weighted by molar-refractivity contribution is 6.24. The fourth-order valence-corrected chi connectivity index (χ4v) is 5.60. The summed E-state index contributed by atoms with van der Waals surface area (Å²) < 4.78 is 0. The topological polar surface area (TPSA) is 74.8 Å². The van der Waals surface area contributed by atoms with Gasteiger partial charge in [0, 0.05) is 0 Å². The Balaban J connectivity index is 1.47. The zero-order chi connectivity index (χ0) is 19.4. The summed E-state index contributed by atoms with van der Waals surface area (Å²) >= 11 is 0. The van der Waals surface area contributed by atoms with Crippen molar-refractivity contribution < 1.29 is 19.2 Å². The van der Waals surface area contributed by atoms with Crippen LogP contribution in [0, 0.1) is 23.7 Å². The lowest BCUT2D eigenvalue weighted by Gasteiger charge is -2.19. The summed E-state index contributed by atoms with van der Waals surface area (Å²) in [5.41, 5.74) is 0.940. The van der Waals surface area contributed by atoms with Crippen LogP contribution in [0.4, 0.5) is 11.4 Å². The minimum atomic E-state index is -0.220. The Morgan fingerprint density at radius 2 is 0.893 bits per heavy atom. The molecule has 2 aliphatic heterocycles. The van der Waals surface area contributed by atoms with Gasteiger partial charge in [0.2, 0.25) is 23.6 Å². The lowest BCUT2D eigenvalue weighted by atomic mass is 9.81. The maximum atomic E-state index is 12.9. The van der Waals surface area contributed by atoms with E-state index < -0.39 is 0 Å². The lowest BCUT2D eigenvalue weighted by Crippen LogP contribution is -2.33. The number of carbonyl (C=O) groups excluding carboxylic acids is 4. The van der Waals surface area contributed by atoms with E-state index in [1.165, 1.54) is 9.80 Å². The zero-order valence-corrected chi connectivity index (χ0v) is 15.8. The van der Waals surface area contributed by atoms with Crippen LogP contribution in [0.1, 0.15) is 51.4 Å². The second kappa shape index (κ2) is 6.54. The molecule has 4 atom stereocenters. The van der Waals surface area contributed by atoms with Gasteiger partial charge < -0.3 is 0 Å². The monoisotopic (exact) mass is 380 g/mol. The number of hydrogen-bond donors (Lipinski definition) is 0. The number of anilines is 2. The highest BCUT2D eigenvalue weighted by Crippen LogP contribution is 2.43. The van der Waals surface area contributed by atoms with Crippen molar-refractivity contribution in [3.8, 4) is 0 Å². The number of benzene rings is 1. The normalized spacial score (nSPS) is 32.7. The van der Waals surface area contributed by atoms with Crippen LogP contribution in [0.15, 0.2) is 24.3 Å². The third-order valence-electron chi connectivity index (χ3n) is 7.03. The fraction of sp³-hybridized carbons (Fsp3) is 0.545. The van der Waals surface area contributed by atoms with Crippen LogP contribution in [0.3, 0.4) is 0 Å². The first-order chi connectivity index (χ1) is 13.6. The minimum absolute atomic E-state index is 0.139. The Labute approximate surface area is 163 Å². The van der Waals surface area contributed by atoms with Gasteiger partial charge in [-0.2, -0.15) is 0 Å². The summed E-state index contributed by atoms with van der Waals surface area (Å²) in [5.74, 6) is -1.44. The van der Waals surface area contributed by atoms with E-state index in [0.29, 0.717) is 11.4 Å². The van der Waals surface area contributed by atoms with Crippen LogP contribution in [-0.2, 0) is 19.2 Å². The molecule has 1 aromatic carbocycles. The molecule has 28 heavy (non-hydrogen) atoms. The molecule has 0 N–H and O–H groups in total. The number of amides is 4. The molecule has 4 amide bonds. The Kier molecular flexibility index (Phi) is 4.11. The Morgan fingerprint density at radius 3 is 1.21 bits per heavy atom. The lowest BCUT2D eigenvalue weighted by molar-refractivity contribution is -0.124. The van der Waals surface area contributed by atoms with Gasteiger partial charge in [0.1, 0.15) is 0 Å². The molecular weight excluding hydrogens is 356 g/mol. The van der Waals surface area contributed by atoms with Crippen LogP contribution >= 0.6 is 0 Å². The highest BCUT2D eigenvalue weighted by Gasteiger charge is 2.50. The maximum Gasteiger partial charge on any atom is 0.237 e. The molecule has 4 aliphatic rings. The SMILES string of the molecule is O=C1C2CCCCC2C(=O)N1c1cccc(N2C(=O)C3CCCCC3C2=O)c1. The molecule has 5 rings (SSSR count). The standard InChI is InChI=1S/C22H24N2O4/c25-19-15-8-1-2-9-16(15)20(26)23(19)13-6-5-7-14(12-13)24-21(27)17-10-3-4-11-18(17)22(24)28/h5-7,12,15-18H,1-4,8-11H2. The summed E-state index contributed by atoms with van der Waals surface area (Å²) in [6.07, 6.45) is 6.97. The molecule has 2 aliphatic carbocycles. The van der Waals surface area contributed by atoms with Gasteiger partial charge in [-0.1, -0.05) is 31.7 Å². The number of hydrogen-bond acceptors (Lipinski definition) is 4. The van der Waals surface area contributed by atoms with E-state index >= 15 is 0 Å². The van der Waals surface area contributed by atoms with Crippen LogP contribution in [-0.4, -0.2) is 23.6 Å². The Bertz CT molecular complexity index is 764. The predicted octanol–water partition coefficient (Wildman–Crippen LogP) is 3.05. The van der Waals surface area contributed by atoms with Crippen molar-refractivity contribution in [1.82, 2.24) is 0 Å². The van der Waals surface area contributed by atoms with Gasteiger partial charge in [0.15, 0.2) is 0 Å². The molecule has 4 unspecified atom stereocenters. The molecule has 0 bridgehead atoms.